The van der Waals surface area contributed by atoms with Crippen molar-refractivity contribution >= 4 is 23.8 Å². The lowest BCUT2D eigenvalue weighted by molar-refractivity contribution is -0.144. The van der Waals surface area contributed by atoms with Gasteiger partial charge in [0.15, 0.2) is 0 Å². The van der Waals surface area contributed by atoms with E-state index in [1.165, 1.54) is 17.0 Å². The standard InChI is InChI=1S/C24H36N4O6/c1-5-6-13-26-21(31)20(15-7-11-17(29)12-8-15)28(16-9-10-16)22(32)18(14-19(25)30)27-23(33)34-24(2,3)4/h7-8,11-12,16,18,20,29H,5-6,9-10,13-14H2,1-4H3,(H2,25,30)(H,26,31)(H,27,33). The molecule has 0 radical (unpaired) electrons. The van der Waals surface area contributed by atoms with Gasteiger partial charge in [-0.1, -0.05) is 25.5 Å². The van der Waals surface area contributed by atoms with Crippen LogP contribution in [0.3, 0.4) is 0 Å². The number of phenolic OH excluding ortho intramolecular Hbond substituents is 1. The first-order valence-electron chi connectivity index (χ1n) is 11.6. The Hall–Kier alpha value is -3.30. The quantitative estimate of drug-likeness (QED) is 0.359. The zero-order valence-electron chi connectivity index (χ0n) is 20.3. The summed E-state index contributed by atoms with van der Waals surface area (Å²) in [5.41, 5.74) is 5.05. The monoisotopic (exact) mass is 476 g/mol. The van der Waals surface area contributed by atoms with Gasteiger partial charge in [0.25, 0.3) is 0 Å². The third-order valence-electron chi connectivity index (χ3n) is 5.15. The van der Waals surface area contributed by atoms with Crippen LogP contribution in [0.1, 0.15) is 71.4 Å². The van der Waals surface area contributed by atoms with Crippen LogP contribution in [0.2, 0.25) is 0 Å². The molecule has 10 heteroatoms. The fraction of sp³-hybridized carbons (Fsp3) is 0.583. The average molecular weight is 477 g/mol. The molecular weight excluding hydrogens is 440 g/mol. The maximum Gasteiger partial charge on any atom is 0.408 e. The molecule has 2 atom stereocenters. The first kappa shape index (κ1) is 26.9. The summed E-state index contributed by atoms with van der Waals surface area (Å²) in [5, 5.41) is 15.0. The number of carbonyl (C=O) groups excluding carboxylic acids is 4. The van der Waals surface area contributed by atoms with Crippen LogP contribution in [0.4, 0.5) is 4.79 Å². The van der Waals surface area contributed by atoms with E-state index >= 15 is 0 Å². The molecule has 1 aromatic rings. The lowest BCUT2D eigenvalue weighted by Gasteiger charge is -2.34. The molecule has 0 aromatic heterocycles. The van der Waals surface area contributed by atoms with Crippen molar-refractivity contribution < 1.29 is 29.0 Å². The maximum atomic E-state index is 13.7. The summed E-state index contributed by atoms with van der Waals surface area (Å²) < 4.78 is 5.25. The van der Waals surface area contributed by atoms with Gasteiger partial charge in [0.2, 0.25) is 17.7 Å². The second-order valence-corrected chi connectivity index (χ2v) is 9.48. The maximum absolute atomic E-state index is 13.7. The molecule has 1 fully saturated rings. The SMILES string of the molecule is CCCCNC(=O)C(c1ccc(O)cc1)N(C(=O)C(CC(N)=O)NC(=O)OC(C)(C)C)C1CC1. The molecule has 1 aromatic carbocycles. The zero-order valence-corrected chi connectivity index (χ0v) is 20.3. The fourth-order valence-corrected chi connectivity index (χ4v) is 3.48. The van der Waals surface area contributed by atoms with E-state index in [1.54, 1.807) is 32.9 Å². The minimum atomic E-state index is -1.30. The predicted octanol–water partition coefficient (Wildman–Crippen LogP) is 2.11. The molecule has 1 aliphatic rings. The zero-order chi connectivity index (χ0) is 25.5. The number of aromatic hydroxyl groups is 1. The number of benzene rings is 1. The van der Waals surface area contributed by atoms with Crippen LogP contribution in [0.5, 0.6) is 5.75 Å². The molecule has 2 rings (SSSR count). The molecular formula is C24H36N4O6. The predicted molar refractivity (Wildman–Crippen MR) is 126 cm³/mol. The van der Waals surface area contributed by atoms with Crippen molar-refractivity contribution in [3.8, 4) is 5.75 Å². The number of nitrogens with two attached hydrogens (primary N) is 1. The summed E-state index contributed by atoms with van der Waals surface area (Å²) >= 11 is 0. The molecule has 1 saturated carbocycles. The number of hydrogen-bond acceptors (Lipinski definition) is 6. The van der Waals surface area contributed by atoms with Gasteiger partial charge in [-0.3, -0.25) is 14.4 Å². The van der Waals surface area contributed by atoms with E-state index in [0.29, 0.717) is 24.9 Å². The van der Waals surface area contributed by atoms with Crippen LogP contribution in [-0.2, 0) is 19.1 Å². The van der Waals surface area contributed by atoms with Gasteiger partial charge in [-0.05, 0) is 57.7 Å². The number of carbonyl (C=O) groups is 4. The van der Waals surface area contributed by atoms with Crippen molar-refractivity contribution in [2.45, 2.75) is 83.5 Å². The van der Waals surface area contributed by atoms with Crippen molar-refractivity contribution in [2.24, 2.45) is 5.73 Å². The smallest absolute Gasteiger partial charge is 0.408 e. The van der Waals surface area contributed by atoms with E-state index in [1.807, 2.05) is 6.92 Å². The second-order valence-electron chi connectivity index (χ2n) is 9.48. The van der Waals surface area contributed by atoms with Crippen molar-refractivity contribution in [3.63, 3.8) is 0 Å². The van der Waals surface area contributed by atoms with Gasteiger partial charge in [0.1, 0.15) is 23.4 Å². The van der Waals surface area contributed by atoms with E-state index in [0.717, 1.165) is 12.8 Å². The van der Waals surface area contributed by atoms with Gasteiger partial charge in [-0.2, -0.15) is 0 Å². The first-order valence-corrected chi connectivity index (χ1v) is 11.6. The highest BCUT2D eigenvalue weighted by atomic mass is 16.6. The molecule has 1 aliphatic carbocycles. The lowest BCUT2D eigenvalue weighted by Crippen LogP contribution is -2.54. The number of nitrogens with one attached hydrogen (secondary N) is 2. The number of ether oxygens (including phenoxy) is 1. The largest absolute Gasteiger partial charge is 0.508 e. The summed E-state index contributed by atoms with van der Waals surface area (Å²) in [6, 6.07) is 3.50. The van der Waals surface area contributed by atoms with Crippen molar-refractivity contribution in [2.75, 3.05) is 6.54 Å². The number of amides is 4. The molecule has 10 nitrogen and oxygen atoms in total. The molecule has 0 heterocycles. The second kappa shape index (κ2) is 11.7. The van der Waals surface area contributed by atoms with E-state index in [-0.39, 0.29) is 17.7 Å². The topological polar surface area (TPSA) is 151 Å². The highest BCUT2D eigenvalue weighted by Crippen LogP contribution is 2.36. The number of unbranched alkanes of at least 4 members (excludes halogenated alkanes) is 1. The molecule has 5 N–H and O–H groups in total. The number of phenols is 1. The minimum absolute atomic E-state index is 0.0244. The number of primary amides is 1. The van der Waals surface area contributed by atoms with Gasteiger partial charge in [-0.25, -0.2) is 4.79 Å². The van der Waals surface area contributed by atoms with Gasteiger partial charge >= 0.3 is 6.09 Å². The molecule has 188 valence electrons. The third kappa shape index (κ3) is 8.24. The molecule has 34 heavy (non-hydrogen) atoms. The summed E-state index contributed by atoms with van der Waals surface area (Å²) in [4.78, 5) is 52.5. The molecule has 0 aliphatic heterocycles. The lowest BCUT2D eigenvalue weighted by atomic mass is 10.0. The summed E-state index contributed by atoms with van der Waals surface area (Å²) in [5.74, 6) is -1.74. The van der Waals surface area contributed by atoms with E-state index in [2.05, 4.69) is 10.6 Å². The molecule has 0 bridgehead atoms. The van der Waals surface area contributed by atoms with Crippen LogP contribution < -0.4 is 16.4 Å². The molecule has 0 saturated heterocycles. The van der Waals surface area contributed by atoms with E-state index in [4.69, 9.17) is 10.5 Å². The normalized spacial score (nSPS) is 15.1. The Balaban J connectivity index is 2.39. The Labute approximate surface area is 200 Å². The number of hydrogen-bond donors (Lipinski definition) is 4. The fourth-order valence-electron chi connectivity index (χ4n) is 3.48. The summed E-state index contributed by atoms with van der Waals surface area (Å²) in [6.07, 6.45) is 1.71. The van der Waals surface area contributed by atoms with Crippen molar-refractivity contribution in [3.05, 3.63) is 29.8 Å². The van der Waals surface area contributed by atoms with Crippen molar-refractivity contribution in [1.82, 2.24) is 15.5 Å². The number of alkyl carbamates (subject to hydrolysis) is 1. The summed E-state index contributed by atoms with van der Waals surface area (Å²) in [6.45, 7) is 7.47. The van der Waals surface area contributed by atoms with Crippen LogP contribution in [-0.4, -0.2) is 58.1 Å². The van der Waals surface area contributed by atoms with E-state index in [9.17, 15) is 24.3 Å². The number of rotatable bonds is 11. The Morgan fingerprint density at radius 2 is 1.79 bits per heavy atom. The summed E-state index contributed by atoms with van der Waals surface area (Å²) in [7, 11) is 0. The van der Waals surface area contributed by atoms with Gasteiger partial charge in [0, 0.05) is 12.6 Å². The van der Waals surface area contributed by atoms with Crippen LogP contribution >= 0.6 is 0 Å². The van der Waals surface area contributed by atoms with Crippen LogP contribution in [0.15, 0.2) is 24.3 Å². The highest BCUT2D eigenvalue weighted by Gasteiger charge is 2.44. The molecule has 4 amide bonds. The highest BCUT2D eigenvalue weighted by molar-refractivity contribution is 5.95. The Morgan fingerprint density at radius 1 is 1.18 bits per heavy atom. The van der Waals surface area contributed by atoms with Crippen molar-refractivity contribution in [1.29, 1.82) is 0 Å². The molecule has 0 spiro atoms. The minimum Gasteiger partial charge on any atom is -0.508 e. The van der Waals surface area contributed by atoms with Gasteiger partial charge in [0.05, 0.1) is 6.42 Å². The average Bonchev–Trinajstić information content (AvgIpc) is 3.55. The third-order valence-corrected chi connectivity index (χ3v) is 5.15. The number of nitrogens with zero attached hydrogens (tertiary/aromatic N) is 1. The van der Waals surface area contributed by atoms with Gasteiger partial charge in [-0.15, -0.1) is 0 Å². The van der Waals surface area contributed by atoms with Crippen LogP contribution in [0.25, 0.3) is 0 Å². The first-order chi connectivity index (χ1) is 15.9. The Kier molecular flexibility index (Phi) is 9.28. The van der Waals surface area contributed by atoms with E-state index < -0.39 is 42.0 Å². The van der Waals surface area contributed by atoms with Gasteiger partial charge < -0.3 is 31.1 Å². The Bertz CT molecular complexity index is 876. The van der Waals surface area contributed by atoms with Crippen LogP contribution in [0, 0.1) is 0 Å². The molecule has 2 unspecified atom stereocenters. The Morgan fingerprint density at radius 3 is 2.29 bits per heavy atom.